The predicted octanol–water partition coefficient (Wildman–Crippen LogP) is 4.80. The molecular formula is C21H21F3N2O3S. The minimum Gasteiger partial charge on any atom is -0.456 e. The minimum absolute atomic E-state index is 0.0176. The van der Waals surface area contributed by atoms with Gasteiger partial charge in [0, 0.05) is 0 Å². The van der Waals surface area contributed by atoms with Crippen molar-refractivity contribution in [3.8, 4) is 0 Å². The van der Waals surface area contributed by atoms with Crippen LogP contribution in [0.2, 0.25) is 0 Å². The molecule has 9 heteroatoms. The number of nitrogens with one attached hydrogen (secondary N) is 1. The molecule has 30 heavy (non-hydrogen) atoms. The van der Waals surface area contributed by atoms with E-state index in [0.717, 1.165) is 54.4 Å². The van der Waals surface area contributed by atoms with Gasteiger partial charge in [0.2, 0.25) is 0 Å². The number of nitrogens with zero attached hydrogens (tertiary/aromatic N) is 1. The highest BCUT2D eigenvalue weighted by Crippen LogP contribution is 2.61. The van der Waals surface area contributed by atoms with Crippen LogP contribution < -0.4 is 5.32 Å². The van der Waals surface area contributed by atoms with Crippen molar-refractivity contribution < 1.29 is 27.5 Å². The molecular weight excluding hydrogens is 417 g/mol. The maximum Gasteiger partial charge on any atom is 0.306 e. The second-order valence-electron chi connectivity index (χ2n) is 9.16. The van der Waals surface area contributed by atoms with Gasteiger partial charge in [-0.05, 0) is 67.8 Å². The van der Waals surface area contributed by atoms with E-state index >= 15 is 0 Å². The quantitative estimate of drug-likeness (QED) is 0.538. The summed E-state index contributed by atoms with van der Waals surface area (Å²) in [5.74, 6) is -3.17. The molecule has 2 aromatic rings. The maximum absolute atomic E-state index is 13.8. The lowest BCUT2D eigenvalue weighted by atomic mass is 9.49. The molecule has 1 heterocycles. The summed E-state index contributed by atoms with van der Waals surface area (Å²) in [5.41, 5.74) is -0.325. The van der Waals surface area contributed by atoms with E-state index in [1.54, 1.807) is 0 Å². The molecule has 0 saturated heterocycles. The number of fused-ring (bicyclic) bond motifs is 1. The highest BCUT2D eigenvalue weighted by Gasteiger charge is 2.51. The first kappa shape index (κ1) is 19.8. The van der Waals surface area contributed by atoms with Crippen LogP contribution in [-0.4, -0.2) is 23.5 Å². The van der Waals surface area contributed by atoms with E-state index in [4.69, 9.17) is 4.74 Å². The highest BCUT2D eigenvalue weighted by atomic mass is 32.1. The summed E-state index contributed by atoms with van der Waals surface area (Å²) in [7, 11) is 0. The zero-order valence-corrected chi connectivity index (χ0v) is 17.0. The van der Waals surface area contributed by atoms with Crippen LogP contribution in [0.15, 0.2) is 6.07 Å². The van der Waals surface area contributed by atoms with Crippen molar-refractivity contribution in [2.45, 2.75) is 44.9 Å². The number of carbonyl (C=O) groups is 2. The fourth-order valence-electron chi connectivity index (χ4n) is 6.19. The zero-order valence-electron chi connectivity index (χ0n) is 16.2. The number of esters is 1. The van der Waals surface area contributed by atoms with Gasteiger partial charge in [0.1, 0.15) is 5.52 Å². The van der Waals surface area contributed by atoms with Crippen molar-refractivity contribution in [2.75, 3.05) is 11.9 Å². The van der Waals surface area contributed by atoms with Crippen molar-refractivity contribution in [1.82, 2.24) is 4.98 Å². The van der Waals surface area contributed by atoms with E-state index in [-0.39, 0.29) is 26.7 Å². The summed E-state index contributed by atoms with van der Waals surface area (Å²) in [4.78, 5) is 28.3. The number of rotatable bonds is 5. The number of thiazole rings is 1. The van der Waals surface area contributed by atoms with Gasteiger partial charge in [-0.1, -0.05) is 11.3 Å². The molecule has 1 aromatic carbocycles. The molecule has 4 aliphatic carbocycles. The van der Waals surface area contributed by atoms with E-state index in [9.17, 15) is 22.8 Å². The Hall–Kier alpha value is -2.16. The van der Waals surface area contributed by atoms with Gasteiger partial charge in [-0.25, -0.2) is 18.2 Å². The zero-order chi connectivity index (χ0) is 21.0. The number of carbonyl (C=O) groups excluding carboxylic acids is 2. The van der Waals surface area contributed by atoms with Gasteiger partial charge < -0.3 is 4.74 Å². The molecule has 4 aliphatic rings. The predicted molar refractivity (Wildman–Crippen MR) is 104 cm³/mol. The number of ether oxygens (including phenoxy) is 1. The summed E-state index contributed by atoms with van der Waals surface area (Å²) in [5, 5.41) is 2.37. The normalized spacial score (nSPS) is 29.4. The van der Waals surface area contributed by atoms with Gasteiger partial charge in [-0.15, -0.1) is 0 Å². The molecule has 1 N–H and O–H groups in total. The highest BCUT2D eigenvalue weighted by molar-refractivity contribution is 7.22. The monoisotopic (exact) mass is 438 g/mol. The van der Waals surface area contributed by atoms with Crippen LogP contribution in [0.5, 0.6) is 0 Å². The van der Waals surface area contributed by atoms with Gasteiger partial charge in [-0.3, -0.25) is 14.9 Å². The SMILES string of the molecule is O=C(COC(=O)CC12CC3CC(CC(C3)C1)C2)Nc1nc2c(F)c(F)c(F)cc2s1. The number of benzene rings is 1. The molecule has 1 aromatic heterocycles. The fraction of sp³-hybridized carbons (Fsp3) is 0.571. The molecule has 160 valence electrons. The average Bonchev–Trinajstić information content (AvgIpc) is 3.05. The van der Waals surface area contributed by atoms with E-state index < -0.39 is 30.0 Å². The molecule has 6 rings (SSSR count). The van der Waals surface area contributed by atoms with Crippen LogP contribution in [0, 0.1) is 40.6 Å². The molecule has 0 aliphatic heterocycles. The van der Waals surface area contributed by atoms with Crippen LogP contribution >= 0.6 is 11.3 Å². The Morgan fingerprint density at radius 2 is 1.73 bits per heavy atom. The smallest absolute Gasteiger partial charge is 0.306 e. The van der Waals surface area contributed by atoms with Crippen molar-refractivity contribution in [2.24, 2.45) is 23.2 Å². The molecule has 5 nitrogen and oxygen atoms in total. The number of aromatic nitrogens is 1. The Kier molecular flexibility index (Phi) is 4.76. The Morgan fingerprint density at radius 1 is 1.10 bits per heavy atom. The van der Waals surface area contributed by atoms with Gasteiger partial charge in [0.25, 0.3) is 5.91 Å². The fourth-order valence-corrected chi connectivity index (χ4v) is 7.10. The summed E-state index contributed by atoms with van der Waals surface area (Å²) >= 11 is 0.811. The van der Waals surface area contributed by atoms with Gasteiger partial charge in [0.05, 0.1) is 11.1 Å². The third-order valence-corrected chi connectivity index (χ3v) is 7.73. The van der Waals surface area contributed by atoms with E-state index in [1.165, 1.54) is 19.3 Å². The van der Waals surface area contributed by atoms with E-state index in [2.05, 4.69) is 10.3 Å². The number of hydrogen-bond acceptors (Lipinski definition) is 5. The van der Waals surface area contributed by atoms with Crippen molar-refractivity contribution >= 4 is 38.6 Å². The molecule has 0 unspecified atom stereocenters. The molecule has 0 spiro atoms. The van der Waals surface area contributed by atoms with Crippen LogP contribution in [0.4, 0.5) is 18.3 Å². The Bertz CT molecular complexity index is 1000. The lowest BCUT2D eigenvalue weighted by Gasteiger charge is -2.56. The Labute approximate surface area is 175 Å². The second-order valence-corrected chi connectivity index (χ2v) is 10.2. The third-order valence-electron chi connectivity index (χ3n) is 6.82. The summed E-state index contributed by atoms with van der Waals surface area (Å²) in [6.45, 7) is -0.480. The molecule has 0 atom stereocenters. The van der Waals surface area contributed by atoms with E-state index in [0.29, 0.717) is 6.42 Å². The first-order chi connectivity index (χ1) is 14.3. The average molecular weight is 438 g/mol. The largest absolute Gasteiger partial charge is 0.456 e. The van der Waals surface area contributed by atoms with Crippen molar-refractivity contribution in [3.05, 3.63) is 23.5 Å². The Balaban J connectivity index is 1.17. The molecule has 4 saturated carbocycles. The Morgan fingerprint density at radius 3 is 2.37 bits per heavy atom. The second kappa shape index (κ2) is 7.21. The first-order valence-corrected chi connectivity index (χ1v) is 11.0. The number of hydrogen-bond donors (Lipinski definition) is 1. The first-order valence-electron chi connectivity index (χ1n) is 10.2. The number of amides is 1. The van der Waals surface area contributed by atoms with Crippen LogP contribution in [0.1, 0.15) is 44.9 Å². The molecule has 0 radical (unpaired) electrons. The van der Waals surface area contributed by atoms with Crippen LogP contribution in [-0.2, 0) is 14.3 Å². The third kappa shape index (κ3) is 3.57. The number of halogens is 3. The summed E-state index contributed by atoms with van der Waals surface area (Å²) in [6.07, 6.45) is 7.42. The van der Waals surface area contributed by atoms with Crippen LogP contribution in [0.3, 0.4) is 0 Å². The molecule has 4 fully saturated rings. The molecule has 1 amide bonds. The van der Waals surface area contributed by atoms with E-state index in [1.807, 2.05) is 0 Å². The maximum atomic E-state index is 13.8. The lowest BCUT2D eigenvalue weighted by Crippen LogP contribution is -2.47. The standard InChI is InChI=1S/C21H21F3N2O3S/c22-13-4-14-19(18(24)17(13)23)26-20(30-14)25-15(27)9-29-16(28)8-21-5-10-1-11(6-21)3-12(2-10)7-21/h4,10-12H,1-3,5-9H2,(H,25,26,27). The lowest BCUT2D eigenvalue weighted by molar-refractivity contribution is -0.154. The van der Waals surface area contributed by atoms with Crippen molar-refractivity contribution in [1.29, 1.82) is 0 Å². The topological polar surface area (TPSA) is 68.3 Å². The number of anilines is 1. The summed E-state index contributed by atoms with van der Waals surface area (Å²) < 4.78 is 45.7. The summed E-state index contributed by atoms with van der Waals surface area (Å²) in [6, 6.07) is 0.826. The van der Waals surface area contributed by atoms with Crippen LogP contribution in [0.25, 0.3) is 10.2 Å². The minimum atomic E-state index is -1.61. The van der Waals surface area contributed by atoms with Gasteiger partial charge >= 0.3 is 5.97 Å². The van der Waals surface area contributed by atoms with Gasteiger partial charge in [-0.2, -0.15) is 0 Å². The van der Waals surface area contributed by atoms with Crippen molar-refractivity contribution in [3.63, 3.8) is 0 Å². The van der Waals surface area contributed by atoms with Gasteiger partial charge in [0.15, 0.2) is 29.2 Å². The molecule has 4 bridgehead atoms.